The van der Waals surface area contributed by atoms with Crippen molar-refractivity contribution in [2.24, 2.45) is 5.92 Å². The highest BCUT2D eigenvalue weighted by molar-refractivity contribution is 5.78. The lowest BCUT2D eigenvalue weighted by molar-refractivity contribution is 0.190. The molecule has 5 rings (SSSR count). The Kier molecular flexibility index (Phi) is 7.13. The van der Waals surface area contributed by atoms with Crippen LogP contribution in [0, 0.1) is 5.92 Å². The van der Waals surface area contributed by atoms with E-state index in [-0.39, 0.29) is 0 Å². The molecule has 1 aliphatic carbocycles. The van der Waals surface area contributed by atoms with Crippen molar-refractivity contribution in [3.05, 3.63) is 114 Å². The van der Waals surface area contributed by atoms with Gasteiger partial charge in [0.05, 0.1) is 5.52 Å². The number of aromatic nitrogens is 1. The van der Waals surface area contributed by atoms with E-state index >= 15 is 0 Å². The summed E-state index contributed by atoms with van der Waals surface area (Å²) >= 11 is 0. The molecule has 1 unspecified atom stereocenters. The fraction of sp³-hybridized carbons (Fsp3) is 0.323. The molecule has 33 heavy (non-hydrogen) atoms. The summed E-state index contributed by atoms with van der Waals surface area (Å²) in [5.41, 5.74) is 5.14. The van der Waals surface area contributed by atoms with Crippen LogP contribution in [-0.4, -0.2) is 16.4 Å². The second-order valence-electron chi connectivity index (χ2n) is 9.57. The maximum absolute atomic E-state index is 5.19. The first-order valence-electron chi connectivity index (χ1n) is 12.5. The molecule has 1 atom stereocenters. The quantitative estimate of drug-likeness (QED) is 0.284. The van der Waals surface area contributed by atoms with Crippen LogP contribution in [0.3, 0.4) is 0 Å². The number of para-hydroxylation sites is 1. The van der Waals surface area contributed by atoms with Gasteiger partial charge in [-0.2, -0.15) is 0 Å². The monoisotopic (exact) mass is 434 g/mol. The summed E-state index contributed by atoms with van der Waals surface area (Å²) in [5.74, 6) is 1.17. The van der Waals surface area contributed by atoms with Crippen molar-refractivity contribution in [2.45, 2.75) is 51.1 Å². The van der Waals surface area contributed by atoms with Crippen LogP contribution in [-0.2, 0) is 13.1 Å². The van der Waals surface area contributed by atoms with Gasteiger partial charge in [-0.1, -0.05) is 104 Å². The molecule has 1 saturated carbocycles. The normalized spacial score (nSPS) is 15.7. The Labute approximate surface area is 198 Å². The number of fused-ring (bicyclic) bond motifs is 1. The molecule has 0 saturated heterocycles. The highest BCUT2D eigenvalue weighted by Crippen LogP contribution is 2.37. The van der Waals surface area contributed by atoms with Crippen molar-refractivity contribution in [3.63, 3.8) is 0 Å². The topological polar surface area (TPSA) is 16.1 Å². The van der Waals surface area contributed by atoms with E-state index in [4.69, 9.17) is 4.98 Å². The van der Waals surface area contributed by atoms with Crippen LogP contribution >= 0.6 is 0 Å². The molecule has 0 N–H and O–H groups in total. The Balaban J connectivity index is 1.46. The molecule has 0 aliphatic heterocycles. The number of benzene rings is 3. The second-order valence-corrected chi connectivity index (χ2v) is 9.57. The summed E-state index contributed by atoms with van der Waals surface area (Å²) in [5, 5.41) is 1.23. The molecule has 168 valence electrons. The van der Waals surface area contributed by atoms with E-state index in [0.29, 0.717) is 11.8 Å². The van der Waals surface area contributed by atoms with Crippen molar-refractivity contribution in [1.29, 1.82) is 0 Å². The van der Waals surface area contributed by atoms with E-state index in [1.54, 1.807) is 0 Å². The van der Waals surface area contributed by atoms with Gasteiger partial charge in [-0.15, -0.1) is 0 Å². The third-order valence-corrected chi connectivity index (χ3v) is 7.17. The minimum Gasteiger partial charge on any atom is -0.294 e. The first-order valence-corrected chi connectivity index (χ1v) is 12.5. The molecule has 0 radical (unpaired) electrons. The minimum absolute atomic E-state index is 0.460. The third-order valence-electron chi connectivity index (χ3n) is 7.17. The van der Waals surface area contributed by atoms with E-state index in [0.717, 1.165) is 25.2 Å². The van der Waals surface area contributed by atoms with Gasteiger partial charge < -0.3 is 0 Å². The van der Waals surface area contributed by atoms with Crippen molar-refractivity contribution in [3.8, 4) is 0 Å². The van der Waals surface area contributed by atoms with E-state index in [9.17, 15) is 0 Å². The molecule has 0 amide bonds. The first-order chi connectivity index (χ1) is 16.3. The fourth-order valence-electron chi connectivity index (χ4n) is 5.46. The van der Waals surface area contributed by atoms with E-state index in [1.807, 2.05) is 0 Å². The summed E-state index contributed by atoms with van der Waals surface area (Å²) < 4.78 is 0. The van der Waals surface area contributed by atoms with Gasteiger partial charge in [0.15, 0.2) is 0 Å². The Hall–Kier alpha value is -2.97. The summed E-state index contributed by atoms with van der Waals surface area (Å²) in [6.07, 6.45) is 6.73. The number of hydrogen-bond donors (Lipinski definition) is 0. The molecule has 2 nitrogen and oxygen atoms in total. The zero-order valence-corrected chi connectivity index (χ0v) is 19.4. The van der Waals surface area contributed by atoms with Crippen LogP contribution in [0.25, 0.3) is 10.9 Å². The molecular formula is C31H34N2. The lowest BCUT2D eigenvalue weighted by Crippen LogP contribution is -2.32. The largest absolute Gasteiger partial charge is 0.294 e. The van der Waals surface area contributed by atoms with Gasteiger partial charge in [0, 0.05) is 36.6 Å². The lowest BCUT2D eigenvalue weighted by Gasteiger charge is -2.34. The number of pyridine rings is 1. The Morgan fingerprint density at radius 2 is 1.27 bits per heavy atom. The summed E-state index contributed by atoms with van der Waals surface area (Å²) in [6, 6.07) is 34.9. The van der Waals surface area contributed by atoms with Crippen LogP contribution in [0.2, 0.25) is 0 Å². The molecule has 1 fully saturated rings. The van der Waals surface area contributed by atoms with E-state index in [1.165, 1.54) is 54.3 Å². The number of rotatable bonds is 8. The van der Waals surface area contributed by atoms with Crippen LogP contribution in [0.1, 0.15) is 54.8 Å². The zero-order chi connectivity index (χ0) is 22.3. The fourth-order valence-corrected chi connectivity index (χ4v) is 5.46. The SMILES string of the molecule is c1ccc(CN(Cc2ccccc2)CC(c2ccc3ccccc3n2)C2CCCCC2)cc1. The van der Waals surface area contributed by atoms with Gasteiger partial charge in [0.1, 0.15) is 0 Å². The molecule has 1 aliphatic rings. The van der Waals surface area contributed by atoms with Crippen LogP contribution in [0.5, 0.6) is 0 Å². The van der Waals surface area contributed by atoms with Gasteiger partial charge in [-0.25, -0.2) is 0 Å². The average Bonchev–Trinajstić information content (AvgIpc) is 2.88. The van der Waals surface area contributed by atoms with Crippen molar-refractivity contribution >= 4 is 10.9 Å². The predicted molar refractivity (Wildman–Crippen MR) is 138 cm³/mol. The molecule has 1 heterocycles. The Morgan fingerprint density at radius 1 is 0.667 bits per heavy atom. The van der Waals surface area contributed by atoms with Crippen LogP contribution < -0.4 is 0 Å². The Bertz CT molecular complexity index is 1090. The van der Waals surface area contributed by atoms with E-state index in [2.05, 4.69) is 102 Å². The lowest BCUT2D eigenvalue weighted by atomic mass is 9.78. The molecule has 0 bridgehead atoms. The molecule has 4 aromatic rings. The second kappa shape index (κ2) is 10.8. The highest BCUT2D eigenvalue weighted by atomic mass is 15.1. The Morgan fingerprint density at radius 3 is 1.94 bits per heavy atom. The maximum Gasteiger partial charge on any atom is 0.0705 e. The molecule has 0 spiro atoms. The molecule has 1 aromatic heterocycles. The molecular weight excluding hydrogens is 400 g/mol. The predicted octanol–water partition coefficient (Wildman–Crippen LogP) is 7.60. The van der Waals surface area contributed by atoms with Crippen molar-refractivity contribution in [2.75, 3.05) is 6.54 Å². The average molecular weight is 435 g/mol. The smallest absolute Gasteiger partial charge is 0.0705 e. The zero-order valence-electron chi connectivity index (χ0n) is 19.4. The van der Waals surface area contributed by atoms with Crippen molar-refractivity contribution < 1.29 is 0 Å². The summed E-state index contributed by atoms with van der Waals surface area (Å²) in [6.45, 7) is 2.97. The highest BCUT2D eigenvalue weighted by Gasteiger charge is 2.28. The van der Waals surface area contributed by atoms with Gasteiger partial charge in [0.25, 0.3) is 0 Å². The van der Waals surface area contributed by atoms with Gasteiger partial charge in [0.2, 0.25) is 0 Å². The maximum atomic E-state index is 5.19. The summed E-state index contributed by atoms with van der Waals surface area (Å²) in [4.78, 5) is 7.83. The third kappa shape index (κ3) is 5.69. The molecule has 3 aromatic carbocycles. The standard InChI is InChI=1S/C31H34N2/c1-4-12-25(13-5-1)22-33(23-26-14-6-2-7-15-26)24-29(27-16-8-3-9-17-27)31-21-20-28-18-10-11-19-30(28)32-31/h1-2,4-7,10-15,18-21,27,29H,3,8-9,16-17,22-24H2. The van der Waals surface area contributed by atoms with Crippen LogP contribution in [0.4, 0.5) is 0 Å². The number of hydrogen-bond acceptors (Lipinski definition) is 2. The van der Waals surface area contributed by atoms with Crippen LogP contribution in [0.15, 0.2) is 97.1 Å². The first kappa shape index (κ1) is 21.9. The van der Waals surface area contributed by atoms with Gasteiger partial charge in [-0.05, 0) is 42.0 Å². The molecule has 2 heteroatoms. The number of nitrogens with zero attached hydrogens (tertiary/aromatic N) is 2. The van der Waals surface area contributed by atoms with E-state index < -0.39 is 0 Å². The summed E-state index contributed by atoms with van der Waals surface area (Å²) in [7, 11) is 0. The van der Waals surface area contributed by atoms with Crippen molar-refractivity contribution in [1.82, 2.24) is 9.88 Å². The van der Waals surface area contributed by atoms with Gasteiger partial charge in [-0.3, -0.25) is 9.88 Å². The minimum atomic E-state index is 0.460. The van der Waals surface area contributed by atoms with Gasteiger partial charge >= 0.3 is 0 Å².